The lowest BCUT2D eigenvalue weighted by Crippen LogP contribution is -2.58. The van der Waals surface area contributed by atoms with Gasteiger partial charge in [0.25, 0.3) is 11.8 Å². The summed E-state index contributed by atoms with van der Waals surface area (Å²) in [4.78, 5) is 70.1. The van der Waals surface area contributed by atoms with Gasteiger partial charge in [-0.15, -0.1) is 0 Å². The molecule has 63 heavy (non-hydrogen) atoms. The Labute approximate surface area is 366 Å². The van der Waals surface area contributed by atoms with Crippen molar-refractivity contribution < 1.29 is 41.5 Å². The second-order valence-corrected chi connectivity index (χ2v) is 20.5. The third-order valence-corrected chi connectivity index (χ3v) is 15.6. The number of nitrogens with one attached hydrogen (secondary N) is 3. The third-order valence-electron chi connectivity index (χ3n) is 13.5. The van der Waals surface area contributed by atoms with Crippen LogP contribution in [0.25, 0.3) is 33.5 Å². The average molecular weight is 882 g/mol. The number of rotatable bonds is 9. The zero-order valence-electron chi connectivity index (χ0n) is 35.9. The smallest absolute Gasteiger partial charge is 0.408 e. The standard InChI is InChI=1S/C46H55N7O9S/c1-45(23-24-45)63(58,59)51-43(56)46-26-29(46)13-7-5-4-6-8-17-34(47-44(57)61-31-14-9-10-15-31)42(55)53-27-32(25-35(53)40(54)50-46)60-41-38-37(33-16-11-12-18-36(33)62-38)48-39(49-41)28-19-21-30(22-20-28)52(2)3/h7,11-13,16,18-22,29,31-32,34-35H,4-6,8-10,14-15,17,23-27H2,1-3H3,(H,47,57)(H,50,54)(H,51,56)/b13-7-/t29-,32+,34-,35-,46+/m0/s1. The first-order valence-corrected chi connectivity index (χ1v) is 23.7. The van der Waals surface area contributed by atoms with E-state index >= 15 is 0 Å². The number of fused-ring (bicyclic) bond motifs is 5. The number of alkyl carbamates (subject to hydrolysis) is 1. The van der Waals surface area contributed by atoms with Crippen LogP contribution >= 0.6 is 0 Å². The maximum atomic E-state index is 14.8. The van der Waals surface area contributed by atoms with Gasteiger partial charge in [0.1, 0.15) is 40.9 Å². The van der Waals surface area contributed by atoms with Gasteiger partial charge < -0.3 is 34.3 Å². The minimum absolute atomic E-state index is 0.00994. The van der Waals surface area contributed by atoms with E-state index in [1.54, 1.807) is 6.92 Å². The lowest BCUT2D eigenvalue weighted by molar-refractivity contribution is -0.141. The quantitative estimate of drug-likeness (QED) is 0.169. The molecule has 5 atom stereocenters. The van der Waals surface area contributed by atoms with Crippen molar-refractivity contribution in [1.29, 1.82) is 0 Å². The molecule has 3 saturated carbocycles. The van der Waals surface area contributed by atoms with Crippen LogP contribution in [0.15, 0.2) is 65.1 Å². The Balaban J connectivity index is 1.05. The predicted octanol–water partition coefficient (Wildman–Crippen LogP) is 5.89. The minimum atomic E-state index is -4.02. The molecule has 3 aliphatic carbocycles. The molecule has 0 bridgehead atoms. The van der Waals surface area contributed by atoms with Crippen molar-refractivity contribution in [2.45, 2.75) is 125 Å². The maximum absolute atomic E-state index is 14.8. The number of aromatic nitrogens is 2. The van der Waals surface area contributed by atoms with Gasteiger partial charge in [-0.1, -0.05) is 37.1 Å². The molecular weight excluding hydrogens is 827 g/mol. The molecule has 5 aliphatic rings. The van der Waals surface area contributed by atoms with E-state index in [9.17, 15) is 27.6 Å². The fourth-order valence-electron chi connectivity index (χ4n) is 9.12. The summed E-state index contributed by atoms with van der Waals surface area (Å²) in [6, 6.07) is 13.1. The summed E-state index contributed by atoms with van der Waals surface area (Å²) < 4.78 is 46.5. The van der Waals surface area contributed by atoms with Crippen molar-refractivity contribution in [3.63, 3.8) is 0 Å². The zero-order chi connectivity index (χ0) is 44.1. The Morgan fingerprint density at radius 2 is 1.70 bits per heavy atom. The molecule has 17 heteroatoms. The van der Waals surface area contributed by atoms with Gasteiger partial charge in [0.15, 0.2) is 5.82 Å². The van der Waals surface area contributed by atoms with Crippen LogP contribution in [0, 0.1) is 5.92 Å². The number of nitrogens with zero attached hydrogens (tertiary/aromatic N) is 4. The molecule has 4 fully saturated rings. The Kier molecular flexibility index (Phi) is 11.3. The van der Waals surface area contributed by atoms with E-state index in [-0.39, 0.29) is 31.4 Å². The normalized spacial score (nSPS) is 26.7. The molecule has 334 valence electrons. The number of amides is 4. The molecule has 4 aromatic rings. The lowest BCUT2D eigenvalue weighted by atomic mass is 10.0. The van der Waals surface area contributed by atoms with E-state index in [0.717, 1.165) is 55.2 Å². The summed E-state index contributed by atoms with van der Waals surface area (Å²) in [6.45, 7) is 1.52. The van der Waals surface area contributed by atoms with Crippen LogP contribution in [-0.2, 0) is 29.1 Å². The van der Waals surface area contributed by atoms with Gasteiger partial charge in [-0.05, 0) is 108 Å². The number of hydrogen-bond acceptors (Lipinski definition) is 12. The molecule has 2 aromatic carbocycles. The molecule has 0 spiro atoms. The minimum Gasteiger partial charge on any atom is -0.470 e. The van der Waals surface area contributed by atoms with E-state index in [2.05, 4.69) is 15.4 Å². The van der Waals surface area contributed by atoms with Gasteiger partial charge in [-0.2, -0.15) is 4.98 Å². The number of para-hydroxylation sites is 1. The van der Waals surface area contributed by atoms with Gasteiger partial charge >= 0.3 is 6.09 Å². The molecule has 2 aliphatic heterocycles. The summed E-state index contributed by atoms with van der Waals surface area (Å²) in [5, 5.41) is 6.52. The summed E-state index contributed by atoms with van der Waals surface area (Å²) in [5.41, 5.74) is 1.59. The van der Waals surface area contributed by atoms with Crippen LogP contribution in [0.1, 0.15) is 90.4 Å². The molecule has 0 radical (unpaired) electrons. The highest BCUT2D eigenvalue weighted by atomic mass is 32.2. The maximum Gasteiger partial charge on any atom is 0.408 e. The highest BCUT2D eigenvalue weighted by Gasteiger charge is 2.63. The topological polar surface area (TPSA) is 202 Å². The summed E-state index contributed by atoms with van der Waals surface area (Å²) in [6.07, 6.45) is 9.75. The number of allylic oxidation sites excluding steroid dienone is 1. The number of carbonyl (C=O) groups is 4. The summed E-state index contributed by atoms with van der Waals surface area (Å²) in [7, 11) is -0.109. The lowest BCUT2D eigenvalue weighted by Gasteiger charge is -2.30. The summed E-state index contributed by atoms with van der Waals surface area (Å²) in [5.74, 6) is -1.89. The fourth-order valence-corrected chi connectivity index (χ4v) is 10.4. The van der Waals surface area contributed by atoms with Crippen LogP contribution in [0.3, 0.4) is 0 Å². The fraction of sp³-hybridized carbons (Fsp3) is 0.522. The Morgan fingerprint density at radius 1 is 0.952 bits per heavy atom. The van der Waals surface area contributed by atoms with Crippen LogP contribution in [0.2, 0.25) is 0 Å². The largest absolute Gasteiger partial charge is 0.470 e. The predicted molar refractivity (Wildman–Crippen MR) is 235 cm³/mol. The highest BCUT2D eigenvalue weighted by molar-refractivity contribution is 7.91. The molecule has 4 amide bonds. The van der Waals surface area contributed by atoms with Crippen LogP contribution in [0.4, 0.5) is 10.5 Å². The van der Waals surface area contributed by atoms with Crippen LogP contribution in [-0.4, -0.2) is 102 Å². The van der Waals surface area contributed by atoms with Crippen molar-refractivity contribution in [2.75, 3.05) is 25.5 Å². The van der Waals surface area contributed by atoms with Gasteiger partial charge in [0.05, 0.1) is 11.3 Å². The van der Waals surface area contributed by atoms with Crippen LogP contribution < -0.4 is 25.0 Å². The second-order valence-electron chi connectivity index (χ2n) is 18.3. The number of carbonyl (C=O) groups excluding carboxylic acids is 4. The third kappa shape index (κ3) is 8.55. The first-order valence-electron chi connectivity index (χ1n) is 22.2. The highest BCUT2D eigenvalue weighted by Crippen LogP contribution is 2.48. The molecule has 2 aromatic heterocycles. The first-order chi connectivity index (χ1) is 30.2. The van der Waals surface area contributed by atoms with Gasteiger partial charge in [0.2, 0.25) is 27.4 Å². The van der Waals surface area contributed by atoms with E-state index in [0.29, 0.717) is 54.6 Å². The van der Waals surface area contributed by atoms with Gasteiger partial charge in [-0.25, -0.2) is 18.2 Å². The number of anilines is 1. The SMILES string of the molecule is CN(C)c1ccc(-c2nc(O[C@@H]3C[C@H]4C(=O)N[C@]5(C(=O)NS(=O)(=O)C6(C)CC6)C[C@@H]5/C=C\CCCCC[C@H](NC(=O)OC5CCCC5)C(=O)N4C3)c3oc4ccccc4c3n2)cc1. The van der Waals surface area contributed by atoms with Crippen molar-refractivity contribution in [1.82, 2.24) is 30.2 Å². The first kappa shape index (κ1) is 42.6. The molecule has 0 unspecified atom stereocenters. The Bertz CT molecular complexity index is 2570. The molecule has 16 nitrogen and oxygen atoms in total. The Morgan fingerprint density at radius 3 is 2.44 bits per heavy atom. The number of benzene rings is 2. The zero-order valence-corrected chi connectivity index (χ0v) is 36.7. The number of furan rings is 1. The van der Waals surface area contributed by atoms with E-state index in [1.165, 1.54) is 4.90 Å². The van der Waals surface area contributed by atoms with Crippen molar-refractivity contribution >= 4 is 61.6 Å². The van der Waals surface area contributed by atoms with Crippen molar-refractivity contribution in [3.05, 3.63) is 60.7 Å². The van der Waals surface area contributed by atoms with E-state index < -0.39 is 68.2 Å². The van der Waals surface area contributed by atoms with Gasteiger partial charge in [-0.3, -0.25) is 19.1 Å². The number of ether oxygens (including phenoxy) is 2. The van der Waals surface area contributed by atoms with Crippen molar-refractivity contribution in [3.8, 4) is 17.3 Å². The molecule has 4 heterocycles. The van der Waals surface area contributed by atoms with E-state index in [4.69, 9.17) is 23.9 Å². The van der Waals surface area contributed by atoms with Gasteiger partial charge in [0, 0.05) is 43.1 Å². The molecular formula is C46H55N7O9S. The molecule has 1 saturated heterocycles. The number of hydrogen-bond donors (Lipinski definition) is 3. The monoisotopic (exact) mass is 881 g/mol. The van der Waals surface area contributed by atoms with Crippen molar-refractivity contribution in [2.24, 2.45) is 5.92 Å². The molecule has 9 rings (SSSR count). The van der Waals surface area contributed by atoms with Crippen LogP contribution in [0.5, 0.6) is 5.88 Å². The van der Waals surface area contributed by atoms with E-state index in [1.807, 2.05) is 79.7 Å². The second kappa shape index (κ2) is 16.8. The average Bonchev–Trinajstić information content (AvgIpc) is 3.92. The summed E-state index contributed by atoms with van der Waals surface area (Å²) >= 11 is 0. The Hall–Kier alpha value is -5.71. The number of sulfonamides is 1. The molecule has 3 N–H and O–H groups in total.